The summed E-state index contributed by atoms with van der Waals surface area (Å²) in [5, 5.41) is 1.98. The van der Waals surface area contributed by atoms with Gasteiger partial charge in [-0.1, -0.05) is 18.2 Å². The summed E-state index contributed by atoms with van der Waals surface area (Å²) in [6, 6.07) is 12.3. The molecule has 5 nitrogen and oxygen atoms in total. The Hall–Kier alpha value is -2.73. The molecule has 0 radical (unpaired) electrons. The fourth-order valence-electron chi connectivity index (χ4n) is 4.55. The van der Waals surface area contributed by atoms with Crippen molar-refractivity contribution in [2.45, 2.75) is 31.6 Å². The summed E-state index contributed by atoms with van der Waals surface area (Å²) in [7, 11) is 5.41. The van der Waals surface area contributed by atoms with Crippen molar-refractivity contribution in [3.8, 4) is 0 Å². The van der Waals surface area contributed by atoms with Gasteiger partial charge in [-0.2, -0.15) is 0 Å². The minimum Gasteiger partial charge on any atom is -0.468 e. The lowest BCUT2D eigenvalue weighted by Crippen LogP contribution is -2.37. The zero-order valence-corrected chi connectivity index (χ0v) is 18.5. The van der Waals surface area contributed by atoms with Crippen LogP contribution in [0.2, 0.25) is 0 Å². The van der Waals surface area contributed by atoms with Crippen LogP contribution in [0.5, 0.6) is 0 Å². The van der Waals surface area contributed by atoms with E-state index in [-0.39, 0.29) is 23.6 Å². The molecule has 1 aliphatic heterocycles. The predicted molar refractivity (Wildman–Crippen MR) is 120 cm³/mol. The minimum atomic E-state index is -0.549. The van der Waals surface area contributed by atoms with E-state index < -0.39 is 5.92 Å². The lowest BCUT2D eigenvalue weighted by Gasteiger charge is -2.35. The first-order valence-electron chi connectivity index (χ1n) is 10.1. The molecular formula is C24H26N2O3S. The van der Waals surface area contributed by atoms with E-state index in [4.69, 9.17) is 9.73 Å². The number of benzene rings is 1. The van der Waals surface area contributed by atoms with Crippen LogP contribution in [0.4, 0.5) is 5.69 Å². The Morgan fingerprint density at radius 3 is 2.50 bits per heavy atom. The standard InChI is InChI=1S/C24H26N2O3S/c1-14-21(24(28)29-4)23(20-6-5-11-30-20)22-18(25-14)12-16(13-19(22)27)15-7-9-17(10-8-15)26(2)3/h5-11,16,21,23H,12-13H2,1-4H3/t16-,21?,23+/m0/s1. The summed E-state index contributed by atoms with van der Waals surface area (Å²) >= 11 is 1.57. The number of methoxy groups -OCH3 is 1. The molecule has 156 valence electrons. The number of aliphatic imine (C=N–C) groups is 1. The number of carbonyl (C=O) groups excluding carboxylic acids is 2. The lowest BCUT2D eigenvalue weighted by molar-refractivity contribution is -0.143. The minimum absolute atomic E-state index is 0.0847. The molecule has 2 aromatic rings. The zero-order chi connectivity index (χ0) is 21.4. The lowest BCUT2D eigenvalue weighted by atomic mass is 9.71. The number of hydrogen-bond acceptors (Lipinski definition) is 6. The highest BCUT2D eigenvalue weighted by Gasteiger charge is 2.44. The van der Waals surface area contributed by atoms with Crippen LogP contribution in [0.1, 0.15) is 42.0 Å². The first-order chi connectivity index (χ1) is 14.4. The van der Waals surface area contributed by atoms with E-state index >= 15 is 0 Å². The van der Waals surface area contributed by atoms with E-state index in [2.05, 4.69) is 29.2 Å². The highest BCUT2D eigenvalue weighted by atomic mass is 32.1. The van der Waals surface area contributed by atoms with E-state index in [1.54, 1.807) is 11.3 Å². The Morgan fingerprint density at radius 2 is 1.90 bits per heavy atom. The highest BCUT2D eigenvalue weighted by molar-refractivity contribution is 7.10. The van der Waals surface area contributed by atoms with E-state index in [0.717, 1.165) is 27.5 Å². The molecule has 1 unspecified atom stereocenters. The molecule has 2 heterocycles. The summed E-state index contributed by atoms with van der Waals surface area (Å²) in [4.78, 5) is 33.8. The second-order valence-electron chi connectivity index (χ2n) is 8.12. The Labute approximate surface area is 181 Å². The van der Waals surface area contributed by atoms with Crippen LogP contribution in [0.25, 0.3) is 0 Å². The maximum atomic E-state index is 13.4. The van der Waals surface area contributed by atoms with E-state index in [9.17, 15) is 9.59 Å². The van der Waals surface area contributed by atoms with Gasteiger partial charge >= 0.3 is 5.97 Å². The number of nitrogens with zero attached hydrogens (tertiary/aromatic N) is 2. The topological polar surface area (TPSA) is 59.0 Å². The van der Waals surface area contributed by atoms with Gasteiger partial charge in [0.2, 0.25) is 0 Å². The monoisotopic (exact) mass is 422 g/mol. The molecule has 0 saturated heterocycles. The Kier molecular flexibility index (Phi) is 5.60. The highest BCUT2D eigenvalue weighted by Crippen LogP contribution is 2.47. The summed E-state index contributed by atoms with van der Waals surface area (Å²) < 4.78 is 5.07. The number of allylic oxidation sites excluding steroid dienone is 2. The van der Waals surface area contributed by atoms with Gasteiger partial charge in [-0.05, 0) is 48.4 Å². The molecule has 1 aromatic carbocycles. The molecule has 30 heavy (non-hydrogen) atoms. The van der Waals surface area contributed by atoms with Crippen LogP contribution in [0.15, 0.2) is 58.0 Å². The number of hydrogen-bond donors (Lipinski definition) is 0. The molecule has 6 heteroatoms. The van der Waals surface area contributed by atoms with E-state index in [1.807, 2.05) is 38.5 Å². The summed E-state index contributed by atoms with van der Waals surface area (Å²) in [6.45, 7) is 1.87. The van der Waals surface area contributed by atoms with Gasteiger partial charge in [-0.15, -0.1) is 11.3 Å². The number of Topliss-reactive ketones (excluding diaryl/α,β-unsaturated/α-hetero) is 1. The molecule has 1 aromatic heterocycles. The van der Waals surface area contributed by atoms with Crippen LogP contribution in [0, 0.1) is 5.92 Å². The second-order valence-corrected chi connectivity index (χ2v) is 9.10. The molecular weight excluding hydrogens is 396 g/mol. The van der Waals surface area contributed by atoms with Gasteiger partial charge in [0.25, 0.3) is 0 Å². The van der Waals surface area contributed by atoms with Crippen molar-refractivity contribution in [1.29, 1.82) is 0 Å². The predicted octanol–water partition coefficient (Wildman–Crippen LogP) is 4.56. The Morgan fingerprint density at radius 1 is 1.17 bits per heavy atom. The van der Waals surface area contributed by atoms with Gasteiger partial charge in [0.15, 0.2) is 5.78 Å². The number of esters is 1. The van der Waals surface area contributed by atoms with Crippen molar-refractivity contribution in [2.24, 2.45) is 10.9 Å². The summed E-state index contributed by atoms with van der Waals surface area (Å²) in [5.74, 6) is -1.01. The van der Waals surface area contributed by atoms with Crippen molar-refractivity contribution in [2.75, 3.05) is 26.1 Å². The quantitative estimate of drug-likeness (QED) is 0.678. The third-order valence-electron chi connectivity index (χ3n) is 6.07. The average Bonchev–Trinajstić information content (AvgIpc) is 3.26. The number of ether oxygens (including phenoxy) is 1. The molecule has 0 amide bonds. The Balaban J connectivity index is 1.73. The van der Waals surface area contributed by atoms with Crippen molar-refractivity contribution >= 4 is 34.5 Å². The SMILES string of the molecule is COC(=O)C1C(C)=NC2=C(C(=O)C[C@@H](c3ccc(N(C)C)cc3)C2)[C@@H]1c1cccs1. The maximum Gasteiger partial charge on any atom is 0.315 e. The molecule has 4 rings (SSSR count). The van der Waals surface area contributed by atoms with Crippen molar-refractivity contribution in [3.63, 3.8) is 0 Å². The second kappa shape index (κ2) is 8.19. The van der Waals surface area contributed by atoms with E-state index in [0.29, 0.717) is 18.4 Å². The third kappa shape index (κ3) is 3.60. The van der Waals surface area contributed by atoms with Gasteiger partial charge in [-0.3, -0.25) is 14.6 Å². The number of thiophene rings is 1. The van der Waals surface area contributed by atoms with Crippen LogP contribution in [-0.4, -0.2) is 38.7 Å². The molecule has 3 atom stereocenters. The number of ketones is 1. The fourth-order valence-corrected chi connectivity index (χ4v) is 5.42. The van der Waals surface area contributed by atoms with Crippen LogP contribution in [0.3, 0.4) is 0 Å². The fraction of sp³-hybridized carbons (Fsp3) is 0.375. The van der Waals surface area contributed by atoms with Crippen molar-refractivity contribution in [3.05, 3.63) is 63.5 Å². The number of rotatable bonds is 4. The van der Waals surface area contributed by atoms with Crippen molar-refractivity contribution in [1.82, 2.24) is 0 Å². The molecule has 0 fully saturated rings. The molecule has 1 aliphatic carbocycles. The molecule has 2 aliphatic rings. The molecule has 0 N–H and O–H groups in total. The molecule has 0 bridgehead atoms. The molecule has 0 saturated carbocycles. The van der Waals surface area contributed by atoms with Gasteiger partial charge in [0, 0.05) is 54.0 Å². The number of carbonyl (C=O) groups is 2. The summed E-state index contributed by atoms with van der Waals surface area (Å²) in [5.41, 5.74) is 4.51. The smallest absolute Gasteiger partial charge is 0.315 e. The molecule has 0 spiro atoms. The first-order valence-corrected chi connectivity index (χ1v) is 11.0. The average molecular weight is 423 g/mol. The summed E-state index contributed by atoms with van der Waals surface area (Å²) in [6.07, 6.45) is 1.14. The van der Waals surface area contributed by atoms with Crippen LogP contribution < -0.4 is 4.90 Å². The van der Waals surface area contributed by atoms with Crippen LogP contribution in [-0.2, 0) is 14.3 Å². The normalized spacial score (nSPS) is 23.7. The first kappa shape index (κ1) is 20.5. The number of anilines is 1. The van der Waals surface area contributed by atoms with Gasteiger partial charge in [0.1, 0.15) is 5.92 Å². The maximum absolute atomic E-state index is 13.4. The van der Waals surface area contributed by atoms with Crippen LogP contribution >= 0.6 is 11.3 Å². The van der Waals surface area contributed by atoms with Gasteiger partial charge in [0.05, 0.1) is 7.11 Å². The zero-order valence-electron chi connectivity index (χ0n) is 17.7. The Bertz CT molecular complexity index is 1020. The van der Waals surface area contributed by atoms with Gasteiger partial charge < -0.3 is 9.64 Å². The third-order valence-corrected chi connectivity index (χ3v) is 7.03. The van der Waals surface area contributed by atoms with Gasteiger partial charge in [-0.25, -0.2) is 0 Å². The van der Waals surface area contributed by atoms with E-state index in [1.165, 1.54) is 7.11 Å². The van der Waals surface area contributed by atoms with Crippen molar-refractivity contribution < 1.29 is 14.3 Å². The largest absolute Gasteiger partial charge is 0.468 e.